The summed E-state index contributed by atoms with van der Waals surface area (Å²) in [7, 11) is -5.42. The molecule has 29 heavy (non-hydrogen) atoms. The van der Waals surface area contributed by atoms with E-state index >= 15 is 0 Å². The number of halogens is 1. The first-order valence-electron chi connectivity index (χ1n) is 9.01. The molecular formula is C19H22FN3O4S2. The first kappa shape index (κ1) is 20.3. The standard InChI is InChI=1S/C19H22FN3O4S2/c1-12-16-9-13(17-11-22-18-10-14(20)4-5-15(17)18)3-6-19(16)29(26,27)23(12)7-8-28(24,25)21-2/h3-6,9-12,21-22,26-27H,7-8H2,1-2H3. The molecule has 0 amide bonds. The van der Waals surface area contributed by atoms with Crippen LogP contribution in [0, 0.1) is 5.82 Å². The van der Waals surface area contributed by atoms with Crippen molar-refractivity contribution in [3.05, 3.63) is 54.0 Å². The molecule has 0 spiro atoms. The molecule has 1 aliphatic rings. The van der Waals surface area contributed by atoms with Crippen LogP contribution >= 0.6 is 10.8 Å². The molecule has 0 aliphatic carbocycles. The minimum atomic E-state index is -3.47. The van der Waals surface area contributed by atoms with Gasteiger partial charge < -0.3 is 4.98 Å². The normalized spacial score (nSPS) is 20.1. The maximum Gasteiger partial charge on any atom is 0.212 e. The molecule has 4 rings (SSSR count). The third kappa shape index (κ3) is 3.45. The van der Waals surface area contributed by atoms with Crippen LogP contribution in [0.5, 0.6) is 0 Å². The van der Waals surface area contributed by atoms with Crippen molar-refractivity contribution >= 4 is 31.7 Å². The van der Waals surface area contributed by atoms with Gasteiger partial charge in [-0.1, -0.05) is 6.07 Å². The monoisotopic (exact) mass is 439 g/mol. The Hall–Kier alpha value is -1.95. The molecule has 7 nitrogen and oxygen atoms in total. The highest BCUT2D eigenvalue weighted by molar-refractivity contribution is 8.22. The Balaban J connectivity index is 1.71. The van der Waals surface area contributed by atoms with Gasteiger partial charge in [-0.3, -0.25) is 9.11 Å². The summed E-state index contributed by atoms with van der Waals surface area (Å²) >= 11 is 0. The van der Waals surface area contributed by atoms with Crippen LogP contribution in [0.4, 0.5) is 4.39 Å². The lowest BCUT2D eigenvalue weighted by Gasteiger charge is -2.39. The topological polar surface area (TPSA) is 106 Å². The molecule has 1 unspecified atom stereocenters. The number of nitrogens with one attached hydrogen (secondary N) is 2. The van der Waals surface area contributed by atoms with Crippen LogP contribution in [0.2, 0.25) is 0 Å². The molecule has 4 N–H and O–H groups in total. The van der Waals surface area contributed by atoms with E-state index in [1.807, 2.05) is 13.0 Å². The maximum atomic E-state index is 13.5. The number of nitrogens with zero attached hydrogens (tertiary/aromatic N) is 1. The van der Waals surface area contributed by atoms with E-state index < -0.39 is 20.8 Å². The molecule has 156 valence electrons. The number of hydrogen-bond acceptors (Lipinski definition) is 5. The summed E-state index contributed by atoms with van der Waals surface area (Å²) in [6, 6.07) is 9.50. The molecule has 0 fully saturated rings. The second kappa shape index (κ2) is 7.08. The van der Waals surface area contributed by atoms with Crippen molar-refractivity contribution in [2.75, 3.05) is 19.3 Å². The van der Waals surface area contributed by atoms with E-state index in [0.717, 1.165) is 22.1 Å². The van der Waals surface area contributed by atoms with Crippen molar-refractivity contribution in [2.24, 2.45) is 0 Å². The molecular weight excluding hydrogens is 417 g/mol. The Bertz CT molecular complexity index is 1190. The summed E-state index contributed by atoms with van der Waals surface area (Å²) < 4.78 is 62.2. The fourth-order valence-electron chi connectivity index (χ4n) is 3.76. The smallest absolute Gasteiger partial charge is 0.212 e. The number of benzene rings is 2. The molecule has 1 aromatic heterocycles. The molecule has 0 radical (unpaired) electrons. The highest BCUT2D eigenvalue weighted by atomic mass is 32.3. The molecule has 0 saturated carbocycles. The van der Waals surface area contributed by atoms with Crippen LogP contribution in [-0.4, -0.2) is 46.2 Å². The fraction of sp³-hybridized carbons (Fsp3) is 0.263. The predicted molar refractivity (Wildman–Crippen MR) is 113 cm³/mol. The molecule has 0 bridgehead atoms. The average molecular weight is 440 g/mol. The van der Waals surface area contributed by atoms with Gasteiger partial charge in [-0.15, -0.1) is 10.8 Å². The van der Waals surface area contributed by atoms with Gasteiger partial charge in [0.05, 0.1) is 16.7 Å². The first-order chi connectivity index (χ1) is 13.6. The van der Waals surface area contributed by atoms with Crippen LogP contribution in [0.15, 0.2) is 47.5 Å². The average Bonchev–Trinajstić information content (AvgIpc) is 3.17. The van der Waals surface area contributed by atoms with E-state index in [2.05, 4.69) is 9.71 Å². The van der Waals surface area contributed by atoms with Gasteiger partial charge >= 0.3 is 0 Å². The zero-order valence-corrected chi connectivity index (χ0v) is 17.5. The zero-order valence-electron chi connectivity index (χ0n) is 15.9. The van der Waals surface area contributed by atoms with Crippen molar-refractivity contribution in [3.63, 3.8) is 0 Å². The van der Waals surface area contributed by atoms with Gasteiger partial charge in [0.2, 0.25) is 10.0 Å². The lowest BCUT2D eigenvalue weighted by Crippen LogP contribution is -2.33. The minimum Gasteiger partial charge on any atom is -0.360 e. The SMILES string of the molecule is CNS(=O)(=O)CCN1C(C)c2cc(-c3c[nH]c4cc(F)ccc34)ccc2S1(O)O. The van der Waals surface area contributed by atoms with Crippen molar-refractivity contribution in [1.29, 1.82) is 0 Å². The molecule has 2 aromatic carbocycles. The molecule has 2 heterocycles. The van der Waals surface area contributed by atoms with E-state index in [1.54, 1.807) is 24.4 Å². The van der Waals surface area contributed by atoms with Crippen molar-refractivity contribution in [2.45, 2.75) is 17.9 Å². The Kier molecular flexibility index (Phi) is 4.96. The van der Waals surface area contributed by atoms with E-state index in [0.29, 0.717) is 10.4 Å². The number of fused-ring (bicyclic) bond motifs is 2. The van der Waals surface area contributed by atoms with Gasteiger partial charge in [-0.05, 0) is 55.4 Å². The number of hydrogen-bond donors (Lipinski definition) is 4. The van der Waals surface area contributed by atoms with Gasteiger partial charge in [-0.2, -0.15) is 4.31 Å². The number of sulfonamides is 1. The minimum absolute atomic E-state index is 0.0109. The first-order valence-corrected chi connectivity index (χ1v) is 12.2. The van der Waals surface area contributed by atoms with E-state index in [9.17, 15) is 21.9 Å². The lowest BCUT2D eigenvalue weighted by molar-refractivity contribution is 0.328. The second-order valence-electron chi connectivity index (χ2n) is 7.00. The molecule has 1 atom stereocenters. The fourth-order valence-corrected chi connectivity index (χ4v) is 6.47. The number of aromatic nitrogens is 1. The van der Waals surface area contributed by atoms with Gasteiger partial charge in [0.1, 0.15) is 5.82 Å². The molecule has 0 saturated heterocycles. The molecule has 3 aromatic rings. The third-order valence-corrected chi connectivity index (χ3v) is 8.82. The van der Waals surface area contributed by atoms with E-state index in [1.165, 1.54) is 23.5 Å². The largest absolute Gasteiger partial charge is 0.360 e. The van der Waals surface area contributed by atoms with E-state index in [-0.39, 0.29) is 24.2 Å². The lowest BCUT2D eigenvalue weighted by atomic mass is 9.99. The Morgan fingerprint density at radius 2 is 2.00 bits per heavy atom. The number of H-pyrrole nitrogens is 1. The highest BCUT2D eigenvalue weighted by Crippen LogP contribution is 2.63. The summed E-state index contributed by atoms with van der Waals surface area (Å²) in [6.45, 7) is 1.81. The van der Waals surface area contributed by atoms with Crippen molar-refractivity contribution in [1.82, 2.24) is 14.0 Å². The van der Waals surface area contributed by atoms with Crippen molar-refractivity contribution in [3.8, 4) is 11.1 Å². The van der Waals surface area contributed by atoms with Gasteiger partial charge in [0, 0.05) is 29.2 Å². The van der Waals surface area contributed by atoms with Gasteiger partial charge in [-0.25, -0.2) is 17.5 Å². The van der Waals surface area contributed by atoms with Crippen molar-refractivity contribution < 1.29 is 21.9 Å². The summed E-state index contributed by atoms with van der Waals surface area (Å²) in [4.78, 5) is 3.46. The summed E-state index contributed by atoms with van der Waals surface area (Å²) in [5.41, 5.74) is 3.15. The number of aromatic amines is 1. The predicted octanol–water partition coefficient (Wildman–Crippen LogP) is 3.92. The zero-order chi connectivity index (χ0) is 21.0. The van der Waals surface area contributed by atoms with Gasteiger partial charge in [0.25, 0.3) is 0 Å². The van der Waals surface area contributed by atoms with Crippen LogP contribution in [0.25, 0.3) is 22.0 Å². The summed E-state index contributed by atoms with van der Waals surface area (Å²) in [5.74, 6) is -0.562. The Morgan fingerprint density at radius 3 is 2.72 bits per heavy atom. The second-order valence-corrected chi connectivity index (χ2v) is 11.0. The van der Waals surface area contributed by atoms with E-state index in [4.69, 9.17) is 0 Å². The summed E-state index contributed by atoms with van der Waals surface area (Å²) in [6.07, 6.45) is 1.79. The maximum absolute atomic E-state index is 13.5. The molecule has 10 heteroatoms. The quantitative estimate of drug-likeness (QED) is 0.482. The highest BCUT2D eigenvalue weighted by Gasteiger charge is 2.41. The Labute approximate surface area is 170 Å². The van der Waals surface area contributed by atoms with Crippen LogP contribution in [0.3, 0.4) is 0 Å². The number of rotatable bonds is 5. The molecule has 1 aliphatic heterocycles. The summed E-state index contributed by atoms with van der Waals surface area (Å²) in [5, 5.41) is 0.862. The van der Waals surface area contributed by atoms with Crippen LogP contribution in [-0.2, 0) is 10.0 Å². The van der Waals surface area contributed by atoms with Crippen LogP contribution in [0.1, 0.15) is 18.5 Å². The van der Waals surface area contributed by atoms with Gasteiger partial charge in [0.15, 0.2) is 0 Å². The van der Waals surface area contributed by atoms with Crippen LogP contribution < -0.4 is 4.72 Å². The Morgan fingerprint density at radius 1 is 1.24 bits per heavy atom. The third-order valence-electron chi connectivity index (χ3n) is 5.36.